The smallest absolute Gasteiger partial charge is 0.242 e. The van der Waals surface area contributed by atoms with Gasteiger partial charge in [-0.3, -0.25) is 9.59 Å². The van der Waals surface area contributed by atoms with Crippen molar-refractivity contribution in [3.63, 3.8) is 0 Å². The van der Waals surface area contributed by atoms with Crippen LogP contribution in [0, 0.1) is 0 Å². The van der Waals surface area contributed by atoms with E-state index in [1.807, 2.05) is 17.9 Å². The lowest BCUT2D eigenvalue weighted by atomic mass is 10.00. The largest absolute Gasteiger partial charge is 0.397 e. The van der Waals surface area contributed by atoms with Crippen LogP contribution in [0.2, 0.25) is 0 Å². The number of carbonyl (C=O) groups excluding carboxylic acids is 2. The van der Waals surface area contributed by atoms with Gasteiger partial charge in [0.2, 0.25) is 11.8 Å². The number of anilines is 3. The molecule has 0 aliphatic carbocycles. The summed E-state index contributed by atoms with van der Waals surface area (Å²) >= 11 is 0. The van der Waals surface area contributed by atoms with Crippen LogP contribution in [0.15, 0.2) is 12.1 Å². The number of hydrogen-bond donors (Lipinski definition) is 3. The highest BCUT2D eigenvalue weighted by atomic mass is 16.2. The fraction of sp³-hybridized carbons (Fsp3) is 0.429. The molecular formula is C14H18N4O2. The molecule has 6 heteroatoms. The Labute approximate surface area is 117 Å². The summed E-state index contributed by atoms with van der Waals surface area (Å²) < 4.78 is 0. The number of aryl methyl sites for hydroxylation is 1. The molecule has 6 nitrogen and oxygen atoms in total. The summed E-state index contributed by atoms with van der Waals surface area (Å²) in [6, 6.07) is 3.56. The van der Waals surface area contributed by atoms with Crippen LogP contribution < -0.4 is 21.3 Å². The summed E-state index contributed by atoms with van der Waals surface area (Å²) in [5.74, 6) is 0.0389. The van der Waals surface area contributed by atoms with Gasteiger partial charge < -0.3 is 21.3 Å². The van der Waals surface area contributed by atoms with E-state index in [-0.39, 0.29) is 17.9 Å². The number of benzene rings is 1. The van der Waals surface area contributed by atoms with Crippen molar-refractivity contribution >= 4 is 28.9 Å². The van der Waals surface area contributed by atoms with Crippen LogP contribution in [-0.4, -0.2) is 30.9 Å². The molecule has 4 N–H and O–H groups in total. The normalized spacial score (nSPS) is 22.1. The summed E-state index contributed by atoms with van der Waals surface area (Å²) in [6.07, 6.45) is 1.20. The van der Waals surface area contributed by atoms with Gasteiger partial charge in [0.1, 0.15) is 6.04 Å². The number of amides is 2. The molecule has 1 atom stereocenters. The Balaban J connectivity index is 1.98. The first-order valence-corrected chi connectivity index (χ1v) is 6.83. The maximum atomic E-state index is 11.8. The van der Waals surface area contributed by atoms with Gasteiger partial charge >= 0.3 is 0 Å². The molecule has 0 radical (unpaired) electrons. The molecule has 1 saturated heterocycles. The first-order chi connectivity index (χ1) is 9.56. The number of nitrogens with two attached hydrogens (primary N) is 1. The molecule has 106 valence electrons. The van der Waals surface area contributed by atoms with Crippen molar-refractivity contribution in [3.8, 4) is 0 Å². The second-order valence-electron chi connectivity index (χ2n) is 5.28. The van der Waals surface area contributed by atoms with Gasteiger partial charge in [0, 0.05) is 25.2 Å². The predicted octanol–water partition coefficient (Wildman–Crippen LogP) is 0.478. The Morgan fingerprint density at radius 3 is 2.90 bits per heavy atom. The minimum atomic E-state index is -0.234. The van der Waals surface area contributed by atoms with E-state index >= 15 is 0 Å². The van der Waals surface area contributed by atoms with Crippen molar-refractivity contribution in [2.24, 2.45) is 0 Å². The Morgan fingerprint density at radius 1 is 1.30 bits per heavy atom. The first kappa shape index (κ1) is 12.8. The van der Waals surface area contributed by atoms with Crippen molar-refractivity contribution < 1.29 is 9.59 Å². The molecule has 0 spiro atoms. The van der Waals surface area contributed by atoms with Gasteiger partial charge in [-0.2, -0.15) is 0 Å². The lowest BCUT2D eigenvalue weighted by Gasteiger charge is -2.36. The number of piperazine rings is 1. The van der Waals surface area contributed by atoms with E-state index in [0.717, 1.165) is 23.5 Å². The minimum absolute atomic E-state index is 0.0154. The number of hydrogen-bond acceptors (Lipinski definition) is 4. The first-order valence-electron chi connectivity index (χ1n) is 6.83. The van der Waals surface area contributed by atoms with E-state index in [1.54, 1.807) is 6.07 Å². The second kappa shape index (κ2) is 4.70. The minimum Gasteiger partial charge on any atom is -0.397 e. The van der Waals surface area contributed by atoms with E-state index in [9.17, 15) is 9.59 Å². The Morgan fingerprint density at radius 2 is 2.10 bits per heavy atom. The molecular weight excluding hydrogens is 256 g/mol. The van der Waals surface area contributed by atoms with Crippen LogP contribution in [0.3, 0.4) is 0 Å². The lowest BCUT2D eigenvalue weighted by Crippen LogP contribution is -2.54. The fourth-order valence-electron chi connectivity index (χ4n) is 2.79. The van der Waals surface area contributed by atoms with Crippen molar-refractivity contribution in [1.29, 1.82) is 0 Å². The highest BCUT2D eigenvalue weighted by Gasteiger charge is 2.28. The van der Waals surface area contributed by atoms with Gasteiger partial charge in [-0.25, -0.2) is 0 Å². The van der Waals surface area contributed by atoms with E-state index < -0.39 is 0 Å². The number of rotatable bonds is 1. The standard InChI is InChI=1S/C14H18N4O2/c1-8-14(20)16-4-5-18(8)12-6-9-2-3-13(19)17-11(9)7-10(12)15/h6-8H,2-5,15H2,1H3,(H,16,20)(H,17,19). The van der Waals surface area contributed by atoms with Crippen molar-refractivity contribution in [3.05, 3.63) is 17.7 Å². The second-order valence-corrected chi connectivity index (χ2v) is 5.28. The zero-order valence-corrected chi connectivity index (χ0v) is 11.4. The molecule has 0 bridgehead atoms. The monoisotopic (exact) mass is 274 g/mol. The van der Waals surface area contributed by atoms with Gasteiger partial charge in [-0.05, 0) is 31.0 Å². The van der Waals surface area contributed by atoms with Crippen LogP contribution in [0.25, 0.3) is 0 Å². The van der Waals surface area contributed by atoms with E-state index in [2.05, 4.69) is 10.6 Å². The summed E-state index contributed by atoms with van der Waals surface area (Å²) in [4.78, 5) is 25.2. The average molecular weight is 274 g/mol. The van der Waals surface area contributed by atoms with Crippen LogP contribution in [-0.2, 0) is 16.0 Å². The highest BCUT2D eigenvalue weighted by molar-refractivity contribution is 5.96. The van der Waals surface area contributed by atoms with Crippen LogP contribution in [0.1, 0.15) is 18.9 Å². The van der Waals surface area contributed by atoms with Gasteiger partial charge in [-0.1, -0.05) is 0 Å². The summed E-state index contributed by atoms with van der Waals surface area (Å²) in [5, 5.41) is 5.67. The van der Waals surface area contributed by atoms with E-state index in [4.69, 9.17) is 5.73 Å². The fourth-order valence-corrected chi connectivity index (χ4v) is 2.79. The Hall–Kier alpha value is -2.24. The van der Waals surface area contributed by atoms with Gasteiger partial charge in [0.15, 0.2) is 0 Å². The maximum Gasteiger partial charge on any atom is 0.242 e. The molecule has 1 unspecified atom stereocenters. The van der Waals surface area contributed by atoms with Crippen LogP contribution in [0.5, 0.6) is 0 Å². The molecule has 1 aromatic carbocycles. The summed E-state index contributed by atoms with van der Waals surface area (Å²) in [5.41, 5.74) is 9.44. The number of fused-ring (bicyclic) bond motifs is 1. The molecule has 0 aromatic heterocycles. The van der Waals surface area contributed by atoms with Crippen molar-refractivity contribution in [2.45, 2.75) is 25.8 Å². The number of carbonyl (C=O) groups is 2. The summed E-state index contributed by atoms with van der Waals surface area (Å²) in [7, 11) is 0. The third-order valence-electron chi connectivity index (χ3n) is 3.96. The maximum absolute atomic E-state index is 11.8. The predicted molar refractivity (Wildman–Crippen MR) is 77.6 cm³/mol. The highest BCUT2D eigenvalue weighted by Crippen LogP contribution is 2.34. The van der Waals surface area contributed by atoms with E-state index in [0.29, 0.717) is 25.1 Å². The number of nitrogens with zero attached hydrogens (tertiary/aromatic N) is 1. The zero-order chi connectivity index (χ0) is 14.3. The van der Waals surface area contributed by atoms with Gasteiger partial charge in [-0.15, -0.1) is 0 Å². The topological polar surface area (TPSA) is 87.5 Å². The van der Waals surface area contributed by atoms with Crippen LogP contribution >= 0.6 is 0 Å². The molecule has 1 fully saturated rings. The van der Waals surface area contributed by atoms with E-state index in [1.165, 1.54) is 0 Å². The molecule has 1 aromatic rings. The third-order valence-corrected chi connectivity index (χ3v) is 3.96. The molecule has 0 saturated carbocycles. The van der Waals surface area contributed by atoms with Crippen LogP contribution in [0.4, 0.5) is 17.1 Å². The Bertz CT molecular complexity index is 585. The average Bonchev–Trinajstić information content (AvgIpc) is 2.41. The molecule has 3 rings (SSSR count). The number of nitrogens with one attached hydrogen (secondary N) is 2. The molecule has 2 aliphatic heterocycles. The summed E-state index contributed by atoms with van der Waals surface area (Å²) in [6.45, 7) is 3.23. The zero-order valence-electron chi connectivity index (χ0n) is 11.4. The van der Waals surface area contributed by atoms with Gasteiger partial charge in [0.05, 0.1) is 11.4 Å². The molecule has 2 aliphatic rings. The van der Waals surface area contributed by atoms with Crippen molar-refractivity contribution in [2.75, 3.05) is 29.0 Å². The molecule has 20 heavy (non-hydrogen) atoms. The van der Waals surface area contributed by atoms with Gasteiger partial charge in [0.25, 0.3) is 0 Å². The SMILES string of the molecule is CC1C(=O)NCCN1c1cc2c(cc1N)NC(=O)CC2. The molecule has 2 heterocycles. The molecule has 2 amide bonds. The third kappa shape index (κ3) is 2.07. The lowest BCUT2D eigenvalue weighted by molar-refractivity contribution is -0.122. The number of nitrogen functional groups attached to an aromatic ring is 1. The Kier molecular flexibility index (Phi) is 3.00. The quantitative estimate of drug-likeness (QED) is 0.650. The van der Waals surface area contributed by atoms with Crippen molar-refractivity contribution in [1.82, 2.24) is 5.32 Å².